The van der Waals surface area contributed by atoms with E-state index >= 15 is 0 Å². The Morgan fingerprint density at radius 3 is 3.00 bits per heavy atom. The number of nitrogens with two attached hydrogens (primary N) is 1. The van der Waals surface area contributed by atoms with E-state index in [9.17, 15) is 8.42 Å². The molecule has 0 fully saturated rings. The van der Waals surface area contributed by atoms with Gasteiger partial charge in [0.2, 0.25) is 0 Å². The van der Waals surface area contributed by atoms with Gasteiger partial charge in [-0.2, -0.15) is 0 Å². The lowest BCUT2D eigenvalue weighted by Gasteiger charge is -2.04. The van der Waals surface area contributed by atoms with Crippen LogP contribution in [-0.4, -0.2) is 29.6 Å². The van der Waals surface area contributed by atoms with Gasteiger partial charge in [0.05, 0.1) is 17.2 Å². The van der Waals surface area contributed by atoms with Gasteiger partial charge >= 0.3 is 0 Å². The zero-order valence-corrected chi connectivity index (χ0v) is 10.5. The van der Waals surface area contributed by atoms with Crippen LogP contribution in [0.4, 0.5) is 0 Å². The van der Waals surface area contributed by atoms with E-state index in [4.69, 9.17) is 5.73 Å². The molecular weight excluding hydrogens is 246 g/mol. The zero-order chi connectivity index (χ0) is 11.8. The third-order valence-corrected chi connectivity index (χ3v) is 4.57. The minimum atomic E-state index is -3.16. The number of fused-ring (bicyclic) bond motifs is 1. The molecule has 0 saturated heterocycles. The Kier molecular flexibility index (Phi) is 3.00. The van der Waals surface area contributed by atoms with Crippen molar-refractivity contribution in [1.29, 1.82) is 0 Å². The second-order valence-electron chi connectivity index (χ2n) is 3.86. The number of nitrogens with zero attached hydrogens (tertiary/aromatic N) is 2. The summed E-state index contributed by atoms with van der Waals surface area (Å²) in [5.41, 5.74) is 6.06. The molecule has 2 N–H and O–H groups in total. The highest BCUT2D eigenvalue weighted by atomic mass is 32.2. The Hall–Kier alpha value is -0.920. The molecule has 7 heteroatoms. The molecule has 5 nitrogen and oxygen atoms in total. The van der Waals surface area contributed by atoms with Gasteiger partial charge < -0.3 is 5.73 Å². The minimum Gasteiger partial charge on any atom is -0.327 e. The maximum atomic E-state index is 11.7. The van der Waals surface area contributed by atoms with Crippen molar-refractivity contribution in [2.24, 2.45) is 5.73 Å². The highest BCUT2D eigenvalue weighted by molar-refractivity contribution is 7.90. The molecule has 0 spiro atoms. The molecule has 0 aliphatic rings. The first-order valence-corrected chi connectivity index (χ1v) is 7.53. The Labute approximate surface area is 97.8 Å². The SMILES string of the molecule is CC(N)CS(=O)(=O)Cc1cn2ccsc2n1. The fourth-order valence-corrected chi connectivity index (χ4v) is 3.76. The van der Waals surface area contributed by atoms with Crippen molar-refractivity contribution in [3.63, 3.8) is 0 Å². The van der Waals surface area contributed by atoms with Crippen LogP contribution in [-0.2, 0) is 15.6 Å². The second kappa shape index (κ2) is 4.15. The van der Waals surface area contributed by atoms with Gasteiger partial charge in [0.1, 0.15) is 0 Å². The lowest BCUT2D eigenvalue weighted by Crippen LogP contribution is -2.27. The van der Waals surface area contributed by atoms with Crippen LogP contribution in [0.3, 0.4) is 0 Å². The standard InChI is InChI=1S/C9H13N3O2S2/c1-7(10)5-16(13,14)6-8-4-12-2-3-15-9(12)11-8/h2-4,7H,5-6,10H2,1H3. The number of aromatic nitrogens is 2. The van der Waals surface area contributed by atoms with E-state index in [1.54, 1.807) is 13.1 Å². The monoisotopic (exact) mass is 259 g/mol. The molecule has 2 aromatic heterocycles. The second-order valence-corrected chi connectivity index (χ2v) is 6.84. The lowest BCUT2D eigenvalue weighted by atomic mass is 10.4. The summed E-state index contributed by atoms with van der Waals surface area (Å²) < 4.78 is 25.2. The van der Waals surface area contributed by atoms with Gasteiger partial charge in [-0.3, -0.25) is 4.40 Å². The van der Waals surface area contributed by atoms with Crippen LogP contribution >= 0.6 is 11.3 Å². The van der Waals surface area contributed by atoms with Crippen LogP contribution in [0.25, 0.3) is 4.96 Å². The summed E-state index contributed by atoms with van der Waals surface area (Å²) in [6.45, 7) is 1.68. The molecule has 1 unspecified atom stereocenters. The van der Waals surface area contributed by atoms with Crippen LogP contribution < -0.4 is 5.73 Å². The molecule has 88 valence electrons. The smallest absolute Gasteiger partial charge is 0.193 e. The minimum absolute atomic E-state index is 0.00181. The maximum Gasteiger partial charge on any atom is 0.193 e. The van der Waals surface area contributed by atoms with Crippen LogP contribution in [0, 0.1) is 0 Å². The summed E-state index contributed by atoms with van der Waals surface area (Å²) >= 11 is 1.48. The Bertz CT molecular complexity index is 554. The molecule has 2 heterocycles. The van der Waals surface area contributed by atoms with E-state index in [1.165, 1.54) is 11.3 Å². The van der Waals surface area contributed by atoms with Gasteiger partial charge in [-0.25, -0.2) is 13.4 Å². The van der Waals surface area contributed by atoms with E-state index in [1.807, 2.05) is 16.0 Å². The van der Waals surface area contributed by atoms with Crippen LogP contribution in [0.15, 0.2) is 17.8 Å². The molecule has 0 aromatic carbocycles. The molecule has 2 rings (SSSR count). The van der Waals surface area contributed by atoms with Crippen molar-refractivity contribution in [2.45, 2.75) is 18.7 Å². The molecular formula is C9H13N3O2S2. The van der Waals surface area contributed by atoms with Crippen molar-refractivity contribution in [3.05, 3.63) is 23.5 Å². The topological polar surface area (TPSA) is 77.5 Å². The Balaban J connectivity index is 2.18. The van der Waals surface area contributed by atoms with E-state index in [0.29, 0.717) is 5.69 Å². The number of imidazole rings is 1. The molecule has 0 saturated carbocycles. The number of sulfone groups is 1. The molecule has 0 bridgehead atoms. The Morgan fingerprint density at radius 2 is 2.38 bits per heavy atom. The van der Waals surface area contributed by atoms with Crippen LogP contribution in [0.1, 0.15) is 12.6 Å². The highest BCUT2D eigenvalue weighted by Crippen LogP contribution is 2.13. The molecule has 2 aromatic rings. The van der Waals surface area contributed by atoms with Gasteiger partial charge in [-0.05, 0) is 6.92 Å². The van der Waals surface area contributed by atoms with Crippen molar-refractivity contribution < 1.29 is 8.42 Å². The first-order chi connectivity index (χ1) is 7.46. The van der Waals surface area contributed by atoms with Crippen molar-refractivity contribution >= 4 is 26.1 Å². The van der Waals surface area contributed by atoms with E-state index in [-0.39, 0.29) is 17.5 Å². The van der Waals surface area contributed by atoms with Gasteiger partial charge in [0.15, 0.2) is 14.8 Å². The summed E-state index contributed by atoms with van der Waals surface area (Å²) in [6, 6.07) is -0.339. The first-order valence-electron chi connectivity index (χ1n) is 4.83. The van der Waals surface area contributed by atoms with Crippen molar-refractivity contribution in [2.75, 3.05) is 5.75 Å². The summed E-state index contributed by atoms with van der Waals surface area (Å²) in [6.07, 6.45) is 3.60. The lowest BCUT2D eigenvalue weighted by molar-refractivity contribution is 0.589. The molecule has 0 aliphatic heterocycles. The predicted molar refractivity (Wildman–Crippen MR) is 64.2 cm³/mol. The number of hydrogen-bond donors (Lipinski definition) is 1. The van der Waals surface area contributed by atoms with Gasteiger partial charge in [-0.15, -0.1) is 11.3 Å². The largest absolute Gasteiger partial charge is 0.327 e. The number of rotatable bonds is 4. The van der Waals surface area contributed by atoms with Crippen molar-refractivity contribution in [1.82, 2.24) is 9.38 Å². The van der Waals surface area contributed by atoms with E-state index in [0.717, 1.165) is 4.96 Å². The van der Waals surface area contributed by atoms with Gasteiger partial charge in [0, 0.05) is 23.8 Å². The summed E-state index contributed by atoms with van der Waals surface area (Å²) in [7, 11) is -3.16. The quantitative estimate of drug-likeness (QED) is 0.875. The van der Waals surface area contributed by atoms with Crippen LogP contribution in [0.5, 0.6) is 0 Å². The molecule has 0 radical (unpaired) electrons. The number of thiazole rings is 1. The third-order valence-electron chi connectivity index (χ3n) is 2.03. The summed E-state index contributed by atoms with van der Waals surface area (Å²) in [5.74, 6) is -0.0406. The summed E-state index contributed by atoms with van der Waals surface area (Å²) in [4.78, 5) is 5.04. The molecule has 1 atom stereocenters. The number of hydrogen-bond acceptors (Lipinski definition) is 5. The first kappa shape index (κ1) is 11.6. The molecule has 0 aliphatic carbocycles. The fraction of sp³-hybridized carbons (Fsp3) is 0.444. The zero-order valence-electron chi connectivity index (χ0n) is 8.83. The van der Waals surface area contributed by atoms with Crippen LogP contribution in [0.2, 0.25) is 0 Å². The Morgan fingerprint density at radius 1 is 1.62 bits per heavy atom. The average molecular weight is 259 g/mol. The van der Waals surface area contributed by atoms with Gasteiger partial charge in [0.25, 0.3) is 0 Å². The third kappa shape index (κ3) is 2.60. The van der Waals surface area contributed by atoms with E-state index < -0.39 is 9.84 Å². The predicted octanol–water partition coefficient (Wildman–Crippen LogP) is 0.658. The van der Waals surface area contributed by atoms with Crippen molar-refractivity contribution in [3.8, 4) is 0 Å². The maximum absolute atomic E-state index is 11.7. The molecule has 0 amide bonds. The summed E-state index contributed by atoms with van der Waals surface area (Å²) in [5, 5.41) is 1.91. The van der Waals surface area contributed by atoms with Gasteiger partial charge in [-0.1, -0.05) is 0 Å². The molecule has 16 heavy (non-hydrogen) atoms. The normalized spacial score (nSPS) is 14.4. The highest BCUT2D eigenvalue weighted by Gasteiger charge is 2.16. The fourth-order valence-electron chi connectivity index (χ4n) is 1.53. The van der Waals surface area contributed by atoms with E-state index in [2.05, 4.69) is 4.98 Å². The average Bonchev–Trinajstić information content (AvgIpc) is 2.58.